The zero-order valence-electron chi connectivity index (χ0n) is 13.6. The molecule has 0 aliphatic rings. The fraction of sp³-hybridized carbons (Fsp3) is 0.235. The maximum atomic E-state index is 13.5. The Morgan fingerprint density at radius 3 is 2.56 bits per heavy atom. The van der Waals surface area contributed by atoms with E-state index in [4.69, 9.17) is 16.3 Å². The Morgan fingerprint density at radius 2 is 1.88 bits per heavy atom. The molecule has 2 N–H and O–H groups in total. The van der Waals surface area contributed by atoms with E-state index < -0.39 is 17.5 Å². The Labute approximate surface area is 147 Å². The lowest BCUT2D eigenvalue weighted by atomic mass is 10.2. The summed E-state index contributed by atoms with van der Waals surface area (Å²) in [7, 11) is 1.45. The molecule has 0 saturated heterocycles. The van der Waals surface area contributed by atoms with Gasteiger partial charge < -0.3 is 15.4 Å². The van der Waals surface area contributed by atoms with Crippen molar-refractivity contribution >= 4 is 28.9 Å². The number of halogens is 4. The molecule has 0 fully saturated rings. The first kappa shape index (κ1) is 18.9. The maximum absolute atomic E-state index is 13.5. The van der Waals surface area contributed by atoms with Crippen LogP contribution in [0.3, 0.4) is 0 Å². The molecule has 0 heterocycles. The zero-order valence-corrected chi connectivity index (χ0v) is 14.3. The molecule has 0 spiro atoms. The number of rotatable bonds is 6. The van der Waals surface area contributed by atoms with Crippen LogP contribution in [0.5, 0.6) is 5.75 Å². The second kappa shape index (κ2) is 8.11. The highest BCUT2D eigenvalue weighted by molar-refractivity contribution is 6.31. The Bertz CT molecular complexity index is 800. The highest BCUT2D eigenvalue weighted by Gasteiger charge is 2.14. The molecule has 0 aliphatic heterocycles. The minimum Gasteiger partial charge on any atom is -0.495 e. The average molecular weight is 373 g/mol. The van der Waals surface area contributed by atoms with Crippen molar-refractivity contribution in [2.75, 3.05) is 24.3 Å². The van der Waals surface area contributed by atoms with Gasteiger partial charge in [0.05, 0.1) is 18.5 Å². The number of nitrogens with one attached hydrogen (secondary N) is 2. The first-order valence-corrected chi connectivity index (χ1v) is 7.72. The van der Waals surface area contributed by atoms with E-state index in [0.29, 0.717) is 16.5 Å². The van der Waals surface area contributed by atoms with E-state index in [9.17, 15) is 18.0 Å². The monoisotopic (exact) mass is 372 g/mol. The molecule has 0 aromatic heterocycles. The van der Waals surface area contributed by atoms with Gasteiger partial charge in [0, 0.05) is 24.1 Å². The van der Waals surface area contributed by atoms with Gasteiger partial charge in [-0.2, -0.15) is 0 Å². The molecule has 2 aromatic carbocycles. The number of amides is 1. The van der Waals surface area contributed by atoms with Gasteiger partial charge in [0.2, 0.25) is 5.91 Å². The smallest absolute Gasteiger partial charge is 0.226 e. The summed E-state index contributed by atoms with van der Waals surface area (Å²) in [4.78, 5) is 12.0. The van der Waals surface area contributed by atoms with E-state index in [-0.39, 0.29) is 24.6 Å². The van der Waals surface area contributed by atoms with Crippen LogP contribution in [-0.2, 0) is 4.79 Å². The second-order valence-electron chi connectivity index (χ2n) is 5.25. The van der Waals surface area contributed by atoms with Gasteiger partial charge in [-0.3, -0.25) is 4.79 Å². The highest BCUT2D eigenvalue weighted by atomic mass is 35.5. The van der Waals surface area contributed by atoms with Crippen molar-refractivity contribution in [1.29, 1.82) is 0 Å². The lowest BCUT2D eigenvalue weighted by Gasteiger charge is -2.13. The van der Waals surface area contributed by atoms with E-state index in [1.165, 1.54) is 7.11 Å². The highest BCUT2D eigenvalue weighted by Crippen LogP contribution is 2.31. The fourth-order valence-electron chi connectivity index (χ4n) is 2.12. The van der Waals surface area contributed by atoms with Gasteiger partial charge in [-0.25, -0.2) is 13.2 Å². The van der Waals surface area contributed by atoms with Crippen LogP contribution >= 0.6 is 11.6 Å². The number of hydrogen-bond donors (Lipinski definition) is 2. The number of methoxy groups -OCH3 is 1. The van der Waals surface area contributed by atoms with Crippen molar-refractivity contribution in [1.82, 2.24) is 0 Å². The van der Waals surface area contributed by atoms with Crippen LogP contribution in [0.4, 0.5) is 24.5 Å². The molecule has 134 valence electrons. The van der Waals surface area contributed by atoms with E-state index in [1.807, 2.05) is 0 Å². The predicted octanol–water partition coefficient (Wildman–Crippen LogP) is 4.52. The molecule has 0 unspecified atom stereocenters. The number of carbonyl (C=O) groups is 1. The molecular formula is C17H16ClF3N2O2. The third-order valence-electron chi connectivity index (χ3n) is 3.46. The van der Waals surface area contributed by atoms with Crippen LogP contribution in [0.2, 0.25) is 5.02 Å². The summed E-state index contributed by atoms with van der Waals surface area (Å²) in [5.74, 6) is -4.11. The van der Waals surface area contributed by atoms with E-state index in [1.54, 1.807) is 19.1 Å². The summed E-state index contributed by atoms with van der Waals surface area (Å²) in [6.45, 7) is 1.81. The van der Waals surface area contributed by atoms with Crippen molar-refractivity contribution in [3.8, 4) is 5.75 Å². The largest absolute Gasteiger partial charge is 0.495 e. The second-order valence-corrected chi connectivity index (χ2v) is 5.66. The van der Waals surface area contributed by atoms with Crippen LogP contribution in [0.15, 0.2) is 24.3 Å². The predicted molar refractivity (Wildman–Crippen MR) is 90.8 cm³/mol. The number of carbonyl (C=O) groups excluding carboxylic acids is 1. The van der Waals surface area contributed by atoms with Crippen molar-refractivity contribution < 1.29 is 22.7 Å². The molecule has 0 bridgehead atoms. The van der Waals surface area contributed by atoms with Crippen molar-refractivity contribution in [2.45, 2.75) is 13.3 Å². The van der Waals surface area contributed by atoms with E-state index >= 15 is 0 Å². The summed E-state index contributed by atoms with van der Waals surface area (Å²) in [6, 6.07) is 5.13. The molecule has 8 heteroatoms. The topological polar surface area (TPSA) is 50.4 Å². The Hall–Kier alpha value is -2.41. The Kier molecular flexibility index (Phi) is 6.14. The maximum Gasteiger partial charge on any atom is 0.226 e. The molecule has 4 nitrogen and oxygen atoms in total. The van der Waals surface area contributed by atoms with Gasteiger partial charge in [0.25, 0.3) is 0 Å². The standard InChI is InChI=1S/C17H16ClF3N2O2/c1-9-7-13(14(25-2)8-10(9)18)23-15(24)5-6-22-12-4-3-11(19)16(20)17(12)21/h3-4,7-8,22H,5-6H2,1-2H3,(H,23,24). The summed E-state index contributed by atoms with van der Waals surface area (Å²) in [5, 5.41) is 5.72. The van der Waals surface area contributed by atoms with E-state index in [0.717, 1.165) is 17.7 Å². The van der Waals surface area contributed by atoms with Crippen LogP contribution < -0.4 is 15.4 Å². The summed E-state index contributed by atoms with van der Waals surface area (Å²) in [5.41, 5.74) is 1.000. The Balaban J connectivity index is 1.96. The molecule has 0 saturated carbocycles. The zero-order chi connectivity index (χ0) is 18.6. The number of aryl methyl sites for hydroxylation is 1. The Morgan fingerprint density at radius 1 is 1.16 bits per heavy atom. The van der Waals surface area contributed by atoms with Gasteiger partial charge in [-0.1, -0.05) is 11.6 Å². The number of ether oxygens (including phenoxy) is 1. The van der Waals surface area contributed by atoms with Crippen LogP contribution in [0.1, 0.15) is 12.0 Å². The van der Waals surface area contributed by atoms with Gasteiger partial charge in [0.15, 0.2) is 17.5 Å². The summed E-state index contributed by atoms with van der Waals surface area (Å²) >= 11 is 6.00. The number of hydrogen-bond acceptors (Lipinski definition) is 3. The minimum absolute atomic E-state index is 0.0245. The average Bonchev–Trinajstić information content (AvgIpc) is 2.58. The molecule has 1 amide bonds. The summed E-state index contributed by atoms with van der Waals surface area (Å²) < 4.78 is 44.6. The molecule has 2 aromatic rings. The first-order chi connectivity index (χ1) is 11.8. The lowest BCUT2D eigenvalue weighted by molar-refractivity contribution is -0.116. The quantitative estimate of drug-likeness (QED) is 0.733. The lowest BCUT2D eigenvalue weighted by Crippen LogP contribution is -2.17. The van der Waals surface area contributed by atoms with Gasteiger partial charge in [-0.05, 0) is 30.7 Å². The molecule has 0 aliphatic carbocycles. The fourth-order valence-corrected chi connectivity index (χ4v) is 2.27. The van der Waals surface area contributed by atoms with Crippen molar-refractivity contribution in [3.05, 3.63) is 52.3 Å². The first-order valence-electron chi connectivity index (χ1n) is 7.34. The van der Waals surface area contributed by atoms with Crippen LogP contribution in [0, 0.1) is 24.4 Å². The number of benzene rings is 2. The SMILES string of the molecule is COc1cc(Cl)c(C)cc1NC(=O)CCNc1ccc(F)c(F)c1F. The molecule has 0 radical (unpaired) electrons. The normalized spacial score (nSPS) is 10.5. The van der Waals surface area contributed by atoms with Gasteiger partial charge in [-0.15, -0.1) is 0 Å². The molecule has 25 heavy (non-hydrogen) atoms. The van der Waals surface area contributed by atoms with Crippen molar-refractivity contribution in [3.63, 3.8) is 0 Å². The molecule has 2 rings (SSSR count). The minimum atomic E-state index is -1.56. The van der Waals surface area contributed by atoms with Gasteiger partial charge in [0.1, 0.15) is 5.75 Å². The van der Waals surface area contributed by atoms with Crippen molar-refractivity contribution in [2.24, 2.45) is 0 Å². The van der Waals surface area contributed by atoms with Crippen LogP contribution in [-0.4, -0.2) is 19.6 Å². The number of anilines is 2. The molecule has 0 atom stereocenters. The molecular weight excluding hydrogens is 357 g/mol. The third kappa shape index (κ3) is 4.57. The van der Waals surface area contributed by atoms with Crippen LogP contribution in [0.25, 0.3) is 0 Å². The van der Waals surface area contributed by atoms with Gasteiger partial charge >= 0.3 is 0 Å². The summed E-state index contributed by atoms with van der Waals surface area (Å²) in [6.07, 6.45) is -0.0245. The van der Waals surface area contributed by atoms with E-state index in [2.05, 4.69) is 10.6 Å². The third-order valence-corrected chi connectivity index (χ3v) is 3.86.